The van der Waals surface area contributed by atoms with Gasteiger partial charge < -0.3 is 0 Å². The van der Waals surface area contributed by atoms with E-state index in [2.05, 4.69) is 4.72 Å². The number of hydrogen-bond donors (Lipinski definition) is 1. The lowest BCUT2D eigenvalue weighted by atomic mass is 9.91. The maximum absolute atomic E-state index is 11.9. The van der Waals surface area contributed by atoms with Crippen LogP contribution in [0.15, 0.2) is 0 Å². The molecule has 0 bridgehead atoms. The molecule has 0 aromatic carbocycles. The summed E-state index contributed by atoms with van der Waals surface area (Å²) in [4.78, 5) is 11.7. The molecule has 1 N–H and O–H groups in total. The molecule has 0 radical (unpaired) electrons. The van der Waals surface area contributed by atoms with Gasteiger partial charge in [-0.15, -0.1) is 0 Å². The van der Waals surface area contributed by atoms with E-state index < -0.39 is 15.4 Å². The summed E-state index contributed by atoms with van der Waals surface area (Å²) in [5.74, 6) is 0.362. The zero-order valence-corrected chi connectivity index (χ0v) is 12.5. The summed E-state index contributed by atoms with van der Waals surface area (Å²) in [5, 5.41) is 0. The summed E-state index contributed by atoms with van der Waals surface area (Å²) in [5.41, 5.74) is -0.493. The summed E-state index contributed by atoms with van der Waals surface area (Å²) in [7, 11) is -3.31. The highest BCUT2D eigenvalue weighted by Crippen LogP contribution is 2.24. The zero-order valence-electron chi connectivity index (χ0n) is 11.7. The third-order valence-electron chi connectivity index (χ3n) is 3.47. The molecule has 18 heavy (non-hydrogen) atoms. The molecule has 1 saturated carbocycles. The summed E-state index contributed by atoms with van der Waals surface area (Å²) in [6.45, 7) is 5.30. The highest BCUT2D eigenvalue weighted by atomic mass is 32.2. The Bertz CT molecular complexity index is 376. The van der Waals surface area contributed by atoms with Gasteiger partial charge in [-0.1, -0.05) is 40.0 Å². The van der Waals surface area contributed by atoms with Crippen LogP contribution in [-0.2, 0) is 14.8 Å². The normalized spacial score (nSPS) is 18.8. The number of ketones is 1. The summed E-state index contributed by atoms with van der Waals surface area (Å²) in [6.07, 6.45) is 5.46. The molecule has 0 amide bonds. The second-order valence-electron chi connectivity index (χ2n) is 6.28. The Hall–Kier alpha value is -0.420. The minimum Gasteiger partial charge on any atom is -0.298 e. The fraction of sp³-hybridized carbons (Fsp3) is 0.923. The van der Waals surface area contributed by atoms with E-state index in [1.54, 1.807) is 20.8 Å². The van der Waals surface area contributed by atoms with Crippen molar-refractivity contribution < 1.29 is 13.2 Å². The predicted octanol–water partition coefficient (Wildman–Crippen LogP) is 2.10. The van der Waals surface area contributed by atoms with E-state index >= 15 is 0 Å². The first-order valence-electron chi connectivity index (χ1n) is 6.71. The van der Waals surface area contributed by atoms with Crippen LogP contribution >= 0.6 is 0 Å². The van der Waals surface area contributed by atoms with Gasteiger partial charge >= 0.3 is 0 Å². The predicted molar refractivity (Wildman–Crippen MR) is 72.8 cm³/mol. The van der Waals surface area contributed by atoms with E-state index in [-0.39, 0.29) is 24.0 Å². The number of carbonyl (C=O) groups excluding carboxylic acids is 1. The van der Waals surface area contributed by atoms with Crippen molar-refractivity contribution in [3.05, 3.63) is 0 Å². The highest BCUT2D eigenvalue weighted by molar-refractivity contribution is 7.89. The standard InChI is InChI=1S/C13H25NO3S/c1-13(2,3)12(15)9-14-18(16,17)10-11-7-5-4-6-8-11/h11,14H,4-10H2,1-3H3. The number of sulfonamides is 1. The van der Waals surface area contributed by atoms with Crippen LogP contribution in [0, 0.1) is 11.3 Å². The van der Waals surface area contributed by atoms with Gasteiger partial charge in [0.1, 0.15) is 0 Å². The summed E-state index contributed by atoms with van der Waals surface area (Å²) in [6, 6.07) is 0. The van der Waals surface area contributed by atoms with Crippen molar-refractivity contribution in [3.63, 3.8) is 0 Å². The molecule has 0 saturated heterocycles. The highest BCUT2D eigenvalue weighted by Gasteiger charge is 2.25. The van der Waals surface area contributed by atoms with E-state index in [1.165, 1.54) is 6.42 Å². The Labute approximate surface area is 111 Å². The quantitative estimate of drug-likeness (QED) is 0.835. The Morgan fingerprint density at radius 2 is 1.72 bits per heavy atom. The monoisotopic (exact) mass is 275 g/mol. The SMILES string of the molecule is CC(C)(C)C(=O)CNS(=O)(=O)CC1CCCCC1. The lowest BCUT2D eigenvalue weighted by Gasteiger charge is -2.22. The molecule has 0 aromatic heterocycles. The van der Waals surface area contributed by atoms with Gasteiger partial charge in [0.25, 0.3) is 0 Å². The van der Waals surface area contributed by atoms with Crippen LogP contribution in [-0.4, -0.2) is 26.5 Å². The van der Waals surface area contributed by atoms with Gasteiger partial charge in [0.05, 0.1) is 12.3 Å². The molecule has 1 aliphatic carbocycles. The van der Waals surface area contributed by atoms with E-state index in [4.69, 9.17) is 0 Å². The number of nitrogens with one attached hydrogen (secondary N) is 1. The van der Waals surface area contributed by atoms with Crippen molar-refractivity contribution in [1.29, 1.82) is 0 Å². The number of Topliss-reactive ketones (excluding diaryl/α,β-unsaturated/α-hetero) is 1. The molecule has 1 rings (SSSR count). The van der Waals surface area contributed by atoms with Crippen LogP contribution in [0.5, 0.6) is 0 Å². The molecule has 1 fully saturated rings. The van der Waals surface area contributed by atoms with Gasteiger partial charge in [-0.05, 0) is 18.8 Å². The van der Waals surface area contributed by atoms with Crippen molar-refractivity contribution in [2.75, 3.05) is 12.3 Å². The van der Waals surface area contributed by atoms with E-state index in [0.29, 0.717) is 0 Å². The largest absolute Gasteiger partial charge is 0.298 e. The molecule has 0 aromatic rings. The summed E-state index contributed by atoms with van der Waals surface area (Å²) < 4.78 is 26.2. The first-order chi connectivity index (χ1) is 8.21. The lowest BCUT2D eigenvalue weighted by molar-refractivity contribution is -0.125. The van der Waals surface area contributed by atoms with Gasteiger partial charge in [-0.3, -0.25) is 4.79 Å². The maximum atomic E-state index is 11.9. The minimum absolute atomic E-state index is 0.0743. The zero-order chi connectivity index (χ0) is 13.8. The third kappa shape index (κ3) is 5.48. The molecule has 0 unspecified atom stereocenters. The topological polar surface area (TPSA) is 63.2 Å². The van der Waals surface area contributed by atoms with Crippen molar-refractivity contribution in [3.8, 4) is 0 Å². The van der Waals surface area contributed by atoms with Crippen molar-refractivity contribution >= 4 is 15.8 Å². The number of hydrogen-bond acceptors (Lipinski definition) is 3. The molecule has 5 heteroatoms. The first-order valence-corrected chi connectivity index (χ1v) is 8.36. The Morgan fingerprint density at radius 1 is 1.17 bits per heavy atom. The second kappa shape index (κ2) is 6.15. The van der Waals surface area contributed by atoms with Crippen LogP contribution in [0.1, 0.15) is 52.9 Å². The van der Waals surface area contributed by atoms with E-state index in [9.17, 15) is 13.2 Å². The van der Waals surface area contributed by atoms with Gasteiger partial charge in [0.2, 0.25) is 10.0 Å². The number of rotatable bonds is 5. The fourth-order valence-electron chi connectivity index (χ4n) is 2.16. The molecule has 0 heterocycles. The molecule has 1 aliphatic rings. The first kappa shape index (κ1) is 15.6. The van der Waals surface area contributed by atoms with E-state index in [0.717, 1.165) is 25.7 Å². The maximum Gasteiger partial charge on any atom is 0.212 e. The van der Waals surface area contributed by atoms with Gasteiger partial charge in [0, 0.05) is 5.41 Å². The molecular formula is C13H25NO3S. The van der Waals surface area contributed by atoms with Crippen molar-refractivity contribution in [2.24, 2.45) is 11.3 Å². The second-order valence-corrected chi connectivity index (χ2v) is 8.13. The fourth-order valence-corrected chi connectivity index (χ4v) is 3.59. The van der Waals surface area contributed by atoms with Crippen LogP contribution < -0.4 is 4.72 Å². The average Bonchev–Trinajstić information content (AvgIpc) is 2.25. The average molecular weight is 275 g/mol. The Kier molecular flexibility index (Phi) is 5.34. The molecular weight excluding hydrogens is 250 g/mol. The van der Waals surface area contributed by atoms with Gasteiger partial charge in [-0.2, -0.15) is 0 Å². The van der Waals surface area contributed by atoms with Gasteiger partial charge in [-0.25, -0.2) is 13.1 Å². The molecule has 4 nitrogen and oxygen atoms in total. The van der Waals surface area contributed by atoms with Crippen LogP contribution in [0.25, 0.3) is 0 Å². The van der Waals surface area contributed by atoms with Crippen molar-refractivity contribution in [1.82, 2.24) is 4.72 Å². The van der Waals surface area contributed by atoms with Crippen LogP contribution in [0.3, 0.4) is 0 Å². The molecule has 0 spiro atoms. The lowest BCUT2D eigenvalue weighted by Crippen LogP contribution is -2.38. The minimum atomic E-state index is -3.31. The Balaban J connectivity index is 2.42. The molecule has 0 aliphatic heterocycles. The van der Waals surface area contributed by atoms with Crippen LogP contribution in [0.2, 0.25) is 0 Å². The van der Waals surface area contributed by atoms with Gasteiger partial charge in [0.15, 0.2) is 5.78 Å². The smallest absolute Gasteiger partial charge is 0.212 e. The Morgan fingerprint density at radius 3 is 2.22 bits per heavy atom. The molecule has 0 atom stereocenters. The van der Waals surface area contributed by atoms with Crippen LogP contribution in [0.4, 0.5) is 0 Å². The number of carbonyl (C=O) groups is 1. The van der Waals surface area contributed by atoms with E-state index in [1.807, 2.05) is 0 Å². The molecule has 106 valence electrons. The third-order valence-corrected chi connectivity index (χ3v) is 4.96. The van der Waals surface area contributed by atoms with Crippen molar-refractivity contribution in [2.45, 2.75) is 52.9 Å². The summed E-state index contributed by atoms with van der Waals surface area (Å²) >= 11 is 0.